The van der Waals surface area contributed by atoms with Crippen molar-refractivity contribution in [3.8, 4) is 0 Å². The van der Waals surface area contributed by atoms with Crippen LogP contribution in [0.25, 0.3) is 0 Å². The summed E-state index contributed by atoms with van der Waals surface area (Å²) in [6, 6.07) is 0.219. The number of hydrogen-bond acceptors (Lipinski definition) is 2. The van der Waals surface area contributed by atoms with Crippen molar-refractivity contribution < 1.29 is 0 Å². The summed E-state index contributed by atoms with van der Waals surface area (Å²) < 4.78 is 1.90. The quantitative estimate of drug-likeness (QED) is 0.842. The molecule has 0 amide bonds. The SMILES string of the molecule is CCc1nn(C)c(CC2=CC(N)CCC2)c1Cl. The second-order valence-corrected chi connectivity index (χ2v) is 5.12. The lowest BCUT2D eigenvalue weighted by Gasteiger charge is -2.17. The van der Waals surface area contributed by atoms with Gasteiger partial charge in [0.2, 0.25) is 0 Å². The molecule has 1 atom stereocenters. The average molecular weight is 254 g/mol. The van der Waals surface area contributed by atoms with Gasteiger partial charge in [0.1, 0.15) is 0 Å². The van der Waals surface area contributed by atoms with Crippen molar-refractivity contribution in [3.05, 3.63) is 28.1 Å². The molecule has 4 heteroatoms. The number of rotatable bonds is 3. The minimum absolute atomic E-state index is 0.219. The lowest BCUT2D eigenvalue weighted by atomic mass is 9.93. The molecule has 2 N–H and O–H groups in total. The Morgan fingerprint density at radius 3 is 2.94 bits per heavy atom. The van der Waals surface area contributed by atoms with Crippen LogP contribution in [0.15, 0.2) is 11.6 Å². The van der Waals surface area contributed by atoms with Gasteiger partial charge in [-0.05, 0) is 25.7 Å². The van der Waals surface area contributed by atoms with E-state index in [2.05, 4.69) is 18.1 Å². The van der Waals surface area contributed by atoms with Gasteiger partial charge in [-0.1, -0.05) is 30.2 Å². The Kier molecular flexibility index (Phi) is 3.89. The smallest absolute Gasteiger partial charge is 0.0853 e. The molecule has 0 fully saturated rings. The normalized spacial score (nSPS) is 20.5. The Morgan fingerprint density at radius 1 is 1.59 bits per heavy atom. The third kappa shape index (κ3) is 2.72. The zero-order valence-corrected chi connectivity index (χ0v) is 11.3. The zero-order valence-electron chi connectivity index (χ0n) is 10.5. The van der Waals surface area contributed by atoms with Gasteiger partial charge in [0.15, 0.2) is 0 Å². The molecule has 0 aromatic carbocycles. The monoisotopic (exact) mass is 253 g/mol. The van der Waals surface area contributed by atoms with Crippen molar-refractivity contribution in [2.24, 2.45) is 12.8 Å². The van der Waals surface area contributed by atoms with E-state index in [1.807, 2.05) is 11.7 Å². The molecule has 0 radical (unpaired) electrons. The molecule has 2 rings (SSSR count). The Morgan fingerprint density at radius 2 is 2.35 bits per heavy atom. The van der Waals surface area contributed by atoms with E-state index in [-0.39, 0.29) is 6.04 Å². The minimum Gasteiger partial charge on any atom is -0.324 e. The Hall–Kier alpha value is -0.800. The van der Waals surface area contributed by atoms with Crippen LogP contribution in [0.1, 0.15) is 37.6 Å². The van der Waals surface area contributed by atoms with Crippen LogP contribution < -0.4 is 5.73 Å². The van der Waals surface area contributed by atoms with Gasteiger partial charge in [0.05, 0.1) is 16.4 Å². The van der Waals surface area contributed by atoms with Gasteiger partial charge < -0.3 is 5.73 Å². The summed E-state index contributed by atoms with van der Waals surface area (Å²) in [5.41, 5.74) is 9.46. The van der Waals surface area contributed by atoms with Crippen LogP contribution in [0.2, 0.25) is 5.02 Å². The van der Waals surface area contributed by atoms with Gasteiger partial charge in [-0.25, -0.2) is 0 Å². The zero-order chi connectivity index (χ0) is 12.4. The van der Waals surface area contributed by atoms with Gasteiger partial charge in [-0.2, -0.15) is 5.10 Å². The molecule has 0 bridgehead atoms. The third-order valence-corrected chi connectivity index (χ3v) is 3.82. The van der Waals surface area contributed by atoms with Gasteiger partial charge >= 0.3 is 0 Å². The third-order valence-electron chi connectivity index (χ3n) is 3.38. The first-order valence-electron chi connectivity index (χ1n) is 6.27. The number of nitrogens with two attached hydrogens (primary N) is 1. The molecular weight excluding hydrogens is 234 g/mol. The van der Waals surface area contributed by atoms with Crippen LogP contribution in [0.5, 0.6) is 0 Å². The van der Waals surface area contributed by atoms with Crippen molar-refractivity contribution in [3.63, 3.8) is 0 Å². The summed E-state index contributed by atoms with van der Waals surface area (Å²) in [5.74, 6) is 0. The van der Waals surface area contributed by atoms with Crippen LogP contribution in [-0.4, -0.2) is 15.8 Å². The second-order valence-electron chi connectivity index (χ2n) is 4.74. The van der Waals surface area contributed by atoms with Gasteiger partial charge in [-0.3, -0.25) is 4.68 Å². The van der Waals surface area contributed by atoms with Crippen LogP contribution in [0.3, 0.4) is 0 Å². The standard InChI is InChI=1S/C13H20ClN3/c1-3-11-13(14)12(17(2)16-11)8-9-5-4-6-10(15)7-9/h7,10H,3-6,8,15H2,1-2H3. The first-order valence-corrected chi connectivity index (χ1v) is 6.65. The van der Waals surface area contributed by atoms with Crippen molar-refractivity contribution in [2.45, 2.75) is 45.1 Å². The van der Waals surface area contributed by atoms with E-state index < -0.39 is 0 Å². The lowest BCUT2D eigenvalue weighted by Crippen LogP contribution is -2.21. The molecule has 0 aliphatic heterocycles. The summed E-state index contributed by atoms with van der Waals surface area (Å²) in [5, 5.41) is 5.27. The molecule has 17 heavy (non-hydrogen) atoms. The minimum atomic E-state index is 0.219. The van der Waals surface area contributed by atoms with E-state index in [4.69, 9.17) is 17.3 Å². The number of aryl methyl sites for hydroxylation is 2. The molecule has 3 nitrogen and oxygen atoms in total. The van der Waals surface area contributed by atoms with E-state index in [9.17, 15) is 0 Å². The number of nitrogens with zero attached hydrogens (tertiary/aromatic N) is 2. The van der Waals surface area contributed by atoms with Crippen molar-refractivity contribution in [2.75, 3.05) is 0 Å². The van der Waals surface area contributed by atoms with Crippen molar-refractivity contribution >= 4 is 11.6 Å². The molecule has 0 saturated carbocycles. The van der Waals surface area contributed by atoms with Crippen molar-refractivity contribution in [1.29, 1.82) is 0 Å². The van der Waals surface area contributed by atoms with E-state index in [1.165, 1.54) is 12.0 Å². The fourth-order valence-electron chi connectivity index (χ4n) is 2.41. The molecule has 1 heterocycles. The molecule has 0 spiro atoms. The summed E-state index contributed by atoms with van der Waals surface area (Å²) in [7, 11) is 1.96. The number of hydrogen-bond donors (Lipinski definition) is 1. The largest absolute Gasteiger partial charge is 0.324 e. The molecule has 1 aromatic rings. The molecule has 1 aromatic heterocycles. The summed E-state index contributed by atoms with van der Waals surface area (Å²) in [6.45, 7) is 2.08. The summed E-state index contributed by atoms with van der Waals surface area (Å²) >= 11 is 6.34. The topological polar surface area (TPSA) is 43.8 Å². The second kappa shape index (κ2) is 5.23. The molecular formula is C13H20ClN3. The Balaban J connectivity index is 2.21. The van der Waals surface area contributed by atoms with Gasteiger partial charge in [0, 0.05) is 19.5 Å². The first-order chi connectivity index (χ1) is 8.11. The van der Waals surface area contributed by atoms with Gasteiger partial charge in [-0.15, -0.1) is 0 Å². The predicted octanol–water partition coefficient (Wildman–Crippen LogP) is 2.62. The highest BCUT2D eigenvalue weighted by atomic mass is 35.5. The average Bonchev–Trinajstić information content (AvgIpc) is 2.56. The maximum atomic E-state index is 6.34. The van der Waals surface area contributed by atoms with Crippen LogP contribution in [0.4, 0.5) is 0 Å². The van der Waals surface area contributed by atoms with Crippen LogP contribution >= 0.6 is 11.6 Å². The maximum absolute atomic E-state index is 6.34. The molecule has 1 unspecified atom stereocenters. The number of aromatic nitrogens is 2. The Labute approximate surface area is 108 Å². The van der Waals surface area contributed by atoms with E-state index >= 15 is 0 Å². The fourth-order valence-corrected chi connectivity index (χ4v) is 2.77. The maximum Gasteiger partial charge on any atom is 0.0853 e. The lowest BCUT2D eigenvalue weighted by molar-refractivity contribution is 0.609. The highest BCUT2D eigenvalue weighted by Gasteiger charge is 2.16. The summed E-state index contributed by atoms with van der Waals surface area (Å²) in [6.07, 6.45) is 7.38. The fraction of sp³-hybridized carbons (Fsp3) is 0.615. The predicted molar refractivity (Wildman–Crippen MR) is 71.2 cm³/mol. The molecule has 0 saturated heterocycles. The summed E-state index contributed by atoms with van der Waals surface area (Å²) in [4.78, 5) is 0. The van der Waals surface area contributed by atoms with E-state index in [1.54, 1.807) is 0 Å². The number of allylic oxidation sites excluding steroid dienone is 1. The molecule has 1 aliphatic rings. The van der Waals surface area contributed by atoms with Gasteiger partial charge in [0.25, 0.3) is 0 Å². The Bertz CT molecular complexity index is 434. The van der Waals surface area contributed by atoms with E-state index in [0.29, 0.717) is 0 Å². The number of halogens is 1. The van der Waals surface area contributed by atoms with Crippen LogP contribution in [0, 0.1) is 0 Å². The highest BCUT2D eigenvalue weighted by Crippen LogP contribution is 2.26. The van der Waals surface area contributed by atoms with Crippen molar-refractivity contribution in [1.82, 2.24) is 9.78 Å². The van der Waals surface area contributed by atoms with Crippen LogP contribution in [-0.2, 0) is 19.9 Å². The molecule has 94 valence electrons. The first kappa shape index (κ1) is 12.7. The molecule has 1 aliphatic carbocycles. The van der Waals surface area contributed by atoms with E-state index in [0.717, 1.165) is 42.1 Å². The highest BCUT2D eigenvalue weighted by molar-refractivity contribution is 6.31.